The minimum Gasteiger partial charge on any atom is -0.394 e. The molecule has 1 atom stereocenters. The van der Waals surface area contributed by atoms with Crippen LogP contribution in [0.25, 0.3) is 0 Å². The summed E-state index contributed by atoms with van der Waals surface area (Å²) in [6.45, 7) is 1.31. The van der Waals surface area contributed by atoms with Crippen molar-refractivity contribution in [2.75, 3.05) is 12.4 Å². The molecule has 0 aromatic heterocycles. The van der Waals surface area contributed by atoms with Crippen LogP contribution in [0.1, 0.15) is 5.56 Å². The lowest BCUT2D eigenvalue weighted by Gasteiger charge is -2.08. The molecule has 1 unspecified atom stereocenters. The Balaban J connectivity index is 2.91. The summed E-state index contributed by atoms with van der Waals surface area (Å²) >= 11 is 0. The van der Waals surface area contributed by atoms with Gasteiger partial charge in [0.25, 0.3) is 0 Å². The summed E-state index contributed by atoms with van der Waals surface area (Å²) in [7, 11) is -3.50. The Kier molecular flexibility index (Phi) is 3.84. The molecule has 0 aliphatic rings. The van der Waals surface area contributed by atoms with Crippen molar-refractivity contribution in [3.63, 3.8) is 0 Å². The zero-order valence-electron chi connectivity index (χ0n) is 8.42. The van der Waals surface area contributed by atoms with Crippen LogP contribution < -0.4 is 0 Å². The highest BCUT2D eigenvalue weighted by molar-refractivity contribution is 7.91. The van der Waals surface area contributed by atoms with Gasteiger partial charge in [-0.1, -0.05) is 17.7 Å². The maximum Gasteiger partial charge on any atom is 0.180 e. The van der Waals surface area contributed by atoms with Gasteiger partial charge in [-0.2, -0.15) is 0 Å². The highest BCUT2D eigenvalue weighted by atomic mass is 32.2. The molecule has 0 amide bonds. The Morgan fingerprint density at radius 3 is 2.27 bits per heavy atom. The Bertz CT molecular complexity index is 408. The van der Waals surface area contributed by atoms with E-state index in [1.165, 1.54) is 12.1 Å². The number of hydrogen-bond donors (Lipinski definition) is 2. The van der Waals surface area contributed by atoms with Gasteiger partial charge >= 0.3 is 0 Å². The van der Waals surface area contributed by atoms with Crippen LogP contribution in [0, 0.1) is 6.92 Å². The summed E-state index contributed by atoms with van der Waals surface area (Å²) in [5.74, 6) is -0.452. The predicted octanol–water partition coefficient (Wildman–Crippen LogP) is 0.122. The number of aryl methyl sites for hydroxylation is 1. The molecule has 2 N–H and O–H groups in total. The third-order valence-electron chi connectivity index (χ3n) is 2.00. The predicted molar refractivity (Wildman–Crippen MR) is 56.3 cm³/mol. The smallest absolute Gasteiger partial charge is 0.180 e. The van der Waals surface area contributed by atoms with Crippen LogP contribution in [-0.4, -0.2) is 37.1 Å². The summed E-state index contributed by atoms with van der Waals surface area (Å²) in [6.07, 6.45) is -1.23. The summed E-state index contributed by atoms with van der Waals surface area (Å²) in [5.41, 5.74) is 0.969. The zero-order chi connectivity index (χ0) is 11.5. The van der Waals surface area contributed by atoms with E-state index in [4.69, 9.17) is 10.2 Å². The first kappa shape index (κ1) is 12.2. The molecule has 0 radical (unpaired) electrons. The van der Waals surface area contributed by atoms with Crippen LogP contribution in [-0.2, 0) is 9.84 Å². The number of aliphatic hydroxyl groups excluding tert-OH is 2. The molecule has 1 aromatic rings. The average Bonchev–Trinajstić information content (AvgIpc) is 2.17. The van der Waals surface area contributed by atoms with E-state index < -0.39 is 28.3 Å². The van der Waals surface area contributed by atoms with E-state index in [-0.39, 0.29) is 4.90 Å². The van der Waals surface area contributed by atoms with Gasteiger partial charge < -0.3 is 10.2 Å². The fraction of sp³-hybridized carbons (Fsp3) is 0.400. The van der Waals surface area contributed by atoms with Crippen LogP contribution in [0.15, 0.2) is 29.2 Å². The Morgan fingerprint density at radius 2 is 1.80 bits per heavy atom. The van der Waals surface area contributed by atoms with Crippen molar-refractivity contribution < 1.29 is 18.6 Å². The number of hydrogen-bond acceptors (Lipinski definition) is 4. The van der Waals surface area contributed by atoms with Gasteiger partial charge in [0, 0.05) is 0 Å². The normalized spacial score (nSPS) is 13.8. The van der Waals surface area contributed by atoms with Gasteiger partial charge in [-0.15, -0.1) is 0 Å². The highest BCUT2D eigenvalue weighted by Crippen LogP contribution is 2.12. The van der Waals surface area contributed by atoms with Crippen LogP contribution in [0.2, 0.25) is 0 Å². The minimum atomic E-state index is -3.50. The lowest BCUT2D eigenvalue weighted by Crippen LogP contribution is -2.24. The van der Waals surface area contributed by atoms with Crippen LogP contribution in [0.4, 0.5) is 0 Å². The molecular weight excluding hydrogens is 216 g/mol. The first-order valence-corrected chi connectivity index (χ1v) is 6.19. The van der Waals surface area contributed by atoms with E-state index in [0.29, 0.717) is 0 Å². The van der Waals surface area contributed by atoms with Crippen molar-refractivity contribution in [3.05, 3.63) is 29.8 Å². The maximum atomic E-state index is 11.6. The van der Waals surface area contributed by atoms with Crippen molar-refractivity contribution >= 4 is 9.84 Å². The van der Waals surface area contributed by atoms with E-state index in [9.17, 15) is 8.42 Å². The van der Waals surface area contributed by atoms with Crippen molar-refractivity contribution in [2.24, 2.45) is 0 Å². The standard InChI is InChI=1S/C10H14O4S/c1-8-2-4-10(5-3-8)15(13,14)7-9(12)6-11/h2-5,9,11-12H,6-7H2,1H3. The molecule has 0 fully saturated rings. The quantitative estimate of drug-likeness (QED) is 0.770. The van der Waals surface area contributed by atoms with Crippen molar-refractivity contribution in [1.29, 1.82) is 0 Å². The second-order valence-corrected chi connectivity index (χ2v) is 5.47. The van der Waals surface area contributed by atoms with Gasteiger partial charge in [-0.3, -0.25) is 0 Å². The van der Waals surface area contributed by atoms with Crippen molar-refractivity contribution in [2.45, 2.75) is 17.9 Å². The number of rotatable bonds is 4. The fourth-order valence-corrected chi connectivity index (χ4v) is 2.50. The molecule has 0 heterocycles. The molecule has 15 heavy (non-hydrogen) atoms. The summed E-state index contributed by atoms with van der Waals surface area (Å²) in [4.78, 5) is 0.167. The minimum absolute atomic E-state index is 0.167. The van der Waals surface area contributed by atoms with Gasteiger partial charge in [0.05, 0.1) is 23.4 Å². The van der Waals surface area contributed by atoms with E-state index in [1.54, 1.807) is 12.1 Å². The van der Waals surface area contributed by atoms with Gasteiger partial charge in [0.15, 0.2) is 9.84 Å². The van der Waals surface area contributed by atoms with Gasteiger partial charge in [0.2, 0.25) is 0 Å². The molecule has 0 spiro atoms. The summed E-state index contributed by atoms with van der Waals surface area (Å²) in [6, 6.07) is 6.37. The fourth-order valence-electron chi connectivity index (χ4n) is 1.15. The zero-order valence-corrected chi connectivity index (χ0v) is 9.24. The molecule has 0 aliphatic heterocycles. The average molecular weight is 230 g/mol. The van der Waals surface area contributed by atoms with Gasteiger partial charge in [0.1, 0.15) is 0 Å². The summed E-state index contributed by atoms with van der Waals surface area (Å²) in [5, 5.41) is 17.7. The molecule has 5 heteroatoms. The summed E-state index contributed by atoms with van der Waals surface area (Å²) < 4.78 is 23.3. The van der Waals surface area contributed by atoms with Crippen LogP contribution in [0.5, 0.6) is 0 Å². The molecule has 0 bridgehead atoms. The van der Waals surface area contributed by atoms with Gasteiger partial charge in [-0.25, -0.2) is 8.42 Å². The van der Waals surface area contributed by atoms with Crippen LogP contribution >= 0.6 is 0 Å². The molecule has 0 aliphatic carbocycles. The third-order valence-corrected chi connectivity index (χ3v) is 3.82. The third kappa shape index (κ3) is 3.30. The van der Waals surface area contributed by atoms with Crippen molar-refractivity contribution in [3.8, 4) is 0 Å². The molecule has 4 nitrogen and oxygen atoms in total. The second kappa shape index (κ2) is 4.74. The highest BCUT2D eigenvalue weighted by Gasteiger charge is 2.18. The first-order valence-electron chi connectivity index (χ1n) is 4.54. The van der Waals surface area contributed by atoms with Crippen molar-refractivity contribution in [1.82, 2.24) is 0 Å². The maximum absolute atomic E-state index is 11.6. The Hall–Kier alpha value is -0.910. The molecule has 0 saturated heterocycles. The van der Waals surface area contributed by atoms with Gasteiger partial charge in [-0.05, 0) is 19.1 Å². The molecule has 0 saturated carbocycles. The van der Waals surface area contributed by atoms with E-state index in [2.05, 4.69) is 0 Å². The van der Waals surface area contributed by atoms with Crippen LogP contribution in [0.3, 0.4) is 0 Å². The SMILES string of the molecule is Cc1ccc(S(=O)(=O)CC(O)CO)cc1. The Labute approximate surface area is 89.1 Å². The largest absolute Gasteiger partial charge is 0.394 e. The molecule has 84 valence electrons. The molecule has 1 rings (SSSR count). The van der Waals surface area contributed by atoms with E-state index in [1.807, 2.05) is 6.92 Å². The topological polar surface area (TPSA) is 74.6 Å². The number of sulfone groups is 1. The molecular formula is C10H14O4S. The number of aliphatic hydroxyl groups is 2. The number of benzene rings is 1. The lowest BCUT2D eigenvalue weighted by atomic mass is 10.2. The van der Waals surface area contributed by atoms with E-state index in [0.717, 1.165) is 5.56 Å². The lowest BCUT2D eigenvalue weighted by molar-refractivity contribution is 0.112. The van der Waals surface area contributed by atoms with E-state index >= 15 is 0 Å². The first-order chi connectivity index (χ1) is 6.95. The monoisotopic (exact) mass is 230 g/mol. The second-order valence-electron chi connectivity index (χ2n) is 3.43. The molecule has 1 aromatic carbocycles. The Morgan fingerprint density at radius 1 is 1.27 bits per heavy atom.